The average molecular weight is 514 g/mol. The van der Waals surface area contributed by atoms with E-state index in [0.29, 0.717) is 30.7 Å². The summed E-state index contributed by atoms with van der Waals surface area (Å²) in [6, 6.07) is 14.7. The van der Waals surface area contributed by atoms with E-state index in [4.69, 9.17) is 47.0 Å². The fourth-order valence-corrected chi connectivity index (χ4v) is 5.06. The molecular weight excluding hydrogens is 491 g/mol. The minimum absolute atomic E-state index is 0.0312. The lowest BCUT2D eigenvalue weighted by Crippen LogP contribution is -2.60. The number of hydrogen-bond acceptors (Lipinski definition) is 3. The second-order valence-corrected chi connectivity index (χ2v) is 11.0. The molecule has 2 aliphatic rings. The van der Waals surface area contributed by atoms with Crippen molar-refractivity contribution in [1.29, 1.82) is 0 Å². The molecule has 1 saturated heterocycles. The van der Waals surface area contributed by atoms with Crippen molar-refractivity contribution in [3.63, 3.8) is 0 Å². The van der Waals surface area contributed by atoms with Gasteiger partial charge in [-0.15, -0.1) is 0 Å². The molecule has 170 valence electrons. The molecule has 2 bridgehead atoms. The molecule has 32 heavy (non-hydrogen) atoms. The van der Waals surface area contributed by atoms with E-state index in [-0.39, 0.29) is 23.8 Å². The molecule has 2 aromatic rings. The zero-order valence-corrected chi connectivity index (χ0v) is 20.2. The normalized spacial score (nSPS) is 20.8. The highest BCUT2D eigenvalue weighted by atomic mass is 35.6. The molecule has 2 N–H and O–H groups in total. The van der Waals surface area contributed by atoms with Crippen molar-refractivity contribution in [3.05, 3.63) is 70.1 Å². The van der Waals surface area contributed by atoms with E-state index in [9.17, 15) is 9.59 Å². The first-order chi connectivity index (χ1) is 15.2. The molecule has 4 rings (SSSR count). The number of fused-ring (bicyclic) bond motifs is 4. The molecule has 1 amide bonds. The lowest BCUT2D eigenvalue weighted by atomic mass is 9.83. The fourth-order valence-electron chi connectivity index (χ4n) is 4.47. The summed E-state index contributed by atoms with van der Waals surface area (Å²) >= 11 is 24.1. The Balaban J connectivity index is 1.43. The van der Waals surface area contributed by atoms with Crippen molar-refractivity contribution in [1.82, 2.24) is 20.1 Å². The number of nitrogens with one attached hydrogen (secondary N) is 2. The van der Waals surface area contributed by atoms with Crippen LogP contribution in [0.4, 0.5) is 0 Å². The Morgan fingerprint density at radius 3 is 2.53 bits per heavy atom. The minimum atomic E-state index is -1.80. The molecule has 1 aromatic carbocycles. The zero-order valence-electron chi connectivity index (χ0n) is 17.1. The number of carbonyl (C=O) groups is 1. The van der Waals surface area contributed by atoms with Crippen LogP contribution in [-0.2, 0) is 17.8 Å². The van der Waals surface area contributed by atoms with Crippen LogP contribution in [0.3, 0.4) is 0 Å². The zero-order chi connectivity index (χ0) is 22.9. The van der Waals surface area contributed by atoms with Gasteiger partial charge in [-0.25, -0.2) is 0 Å². The summed E-state index contributed by atoms with van der Waals surface area (Å²) in [6.45, 7) is 2.00. The second-order valence-electron chi connectivity index (χ2n) is 8.26. The number of hydrogen-bond donors (Lipinski definition) is 2. The van der Waals surface area contributed by atoms with E-state index in [0.717, 1.165) is 17.7 Å². The first-order valence-electron chi connectivity index (χ1n) is 10.4. The molecular formula is C22H23Cl3N4O2S. The standard InChI is InChI=1S/C22H23Cl3N4O2S/c23-22(24,25)20(26-18(30)10-14-5-2-1-3-6-14)27-21(32)28-11-15-9-16(13-28)17-7-4-8-19(31)29(17)12-15/h1-8,15-16,20H,9-13H2,(H,26,30)(H,27,32)/t15-,16+,20+/m0/s1. The number of benzene rings is 1. The molecule has 3 atom stereocenters. The van der Waals surface area contributed by atoms with E-state index in [1.165, 1.54) is 0 Å². The number of nitrogens with zero attached hydrogens (tertiary/aromatic N) is 2. The summed E-state index contributed by atoms with van der Waals surface area (Å²) in [5.41, 5.74) is 1.91. The van der Waals surface area contributed by atoms with Crippen LogP contribution in [0, 0.1) is 5.92 Å². The van der Waals surface area contributed by atoms with Gasteiger partial charge < -0.3 is 20.1 Å². The third-order valence-electron chi connectivity index (χ3n) is 5.87. The van der Waals surface area contributed by atoms with Crippen molar-refractivity contribution in [2.75, 3.05) is 13.1 Å². The van der Waals surface area contributed by atoms with Crippen LogP contribution in [0.15, 0.2) is 53.3 Å². The summed E-state index contributed by atoms with van der Waals surface area (Å²) in [4.78, 5) is 26.8. The topological polar surface area (TPSA) is 66.4 Å². The van der Waals surface area contributed by atoms with Crippen molar-refractivity contribution < 1.29 is 4.79 Å². The molecule has 6 nitrogen and oxygen atoms in total. The molecule has 0 radical (unpaired) electrons. The number of alkyl halides is 3. The summed E-state index contributed by atoms with van der Waals surface area (Å²) in [5, 5.41) is 6.18. The summed E-state index contributed by atoms with van der Waals surface area (Å²) in [5.74, 6) is 0.196. The monoisotopic (exact) mass is 512 g/mol. The molecule has 1 aromatic heterocycles. The van der Waals surface area contributed by atoms with Gasteiger partial charge in [0.1, 0.15) is 6.17 Å². The number of rotatable bonds is 4. The number of aromatic nitrogens is 1. The van der Waals surface area contributed by atoms with Gasteiger partial charge in [-0.1, -0.05) is 71.2 Å². The van der Waals surface area contributed by atoms with Crippen molar-refractivity contribution in [2.24, 2.45) is 5.92 Å². The predicted molar refractivity (Wildman–Crippen MR) is 131 cm³/mol. The Hall–Kier alpha value is -1.80. The Bertz CT molecular complexity index is 1060. The highest BCUT2D eigenvalue weighted by Gasteiger charge is 2.38. The Morgan fingerprint density at radius 1 is 1.06 bits per heavy atom. The van der Waals surface area contributed by atoms with E-state index in [1.54, 1.807) is 12.1 Å². The molecule has 1 fully saturated rings. The van der Waals surface area contributed by atoms with Crippen molar-refractivity contribution in [3.8, 4) is 0 Å². The fraction of sp³-hybridized carbons (Fsp3) is 0.409. The van der Waals surface area contributed by atoms with Gasteiger partial charge >= 0.3 is 0 Å². The lowest BCUT2D eigenvalue weighted by molar-refractivity contribution is -0.121. The van der Waals surface area contributed by atoms with Crippen LogP contribution in [0.5, 0.6) is 0 Å². The highest BCUT2D eigenvalue weighted by Crippen LogP contribution is 2.35. The van der Waals surface area contributed by atoms with Gasteiger partial charge in [0.25, 0.3) is 5.56 Å². The number of piperidine rings is 1. The number of carbonyl (C=O) groups excluding carboxylic acids is 1. The first kappa shape index (κ1) is 23.4. The lowest BCUT2D eigenvalue weighted by Gasteiger charge is -2.44. The number of thiocarbonyl (C=S) groups is 1. The van der Waals surface area contributed by atoms with Gasteiger partial charge in [0.05, 0.1) is 6.42 Å². The van der Waals surface area contributed by atoms with Gasteiger partial charge in [-0.05, 0) is 36.2 Å². The van der Waals surface area contributed by atoms with E-state index >= 15 is 0 Å². The van der Waals surface area contributed by atoms with Gasteiger partial charge in [0.2, 0.25) is 9.70 Å². The van der Waals surface area contributed by atoms with Gasteiger partial charge in [-0.2, -0.15) is 0 Å². The number of likely N-dealkylation sites (tertiary alicyclic amines) is 1. The van der Waals surface area contributed by atoms with Crippen molar-refractivity contribution >= 4 is 58.0 Å². The summed E-state index contributed by atoms with van der Waals surface area (Å²) in [6.07, 6.45) is 0.170. The molecule has 10 heteroatoms. The predicted octanol–water partition coefficient (Wildman–Crippen LogP) is 3.20. The van der Waals surface area contributed by atoms with Crippen LogP contribution in [0.2, 0.25) is 0 Å². The maximum Gasteiger partial charge on any atom is 0.250 e. The molecule has 0 spiro atoms. The van der Waals surface area contributed by atoms with Crippen LogP contribution < -0.4 is 16.2 Å². The Morgan fingerprint density at radius 2 is 1.81 bits per heavy atom. The largest absolute Gasteiger partial charge is 0.348 e. The van der Waals surface area contributed by atoms with E-state index < -0.39 is 9.96 Å². The molecule has 2 aliphatic heterocycles. The van der Waals surface area contributed by atoms with E-state index in [2.05, 4.69) is 10.6 Å². The van der Waals surface area contributed by atoms with Gasteiger partial charge in [0, 0.05) is 37.3 Å². The maximum atomic E-state index is 12.5. The second kappa shape index (κ2) is 9.59. The van der Waals surface area contributed by atoms with Crippen LogP contribution in [-0.4, -0.2) is 43.5 Å². The molecule has 0 aliphatic carbocycles. The van der Waals surface area contributed by atoms with Crippen LogP contribution in [0.1, 0.15) is 23.6 Å². The van der Waals surface area contributed by atoms with Gasteiger partial charge in [0.15, 0.2) is 5.11 Å². The summed E-state index contributed by atoms with van der Waals surface area (Å²) < 4.78 is 0.0581. The third-order valence-corrected chi connectivity index (χ3v) is 6.91. The summed E-state index contributed by atoms with van der Waals surface area (Å²) in [7, 11) is 0. The van der Waals surface area contributed by atoms with Crippen LogP contribution in [0.25, 0.3) is 0 Å². The molecule has 0 saturated carbocycles. The number of amides is 1. The number of pyridine rings is 1. The van der Waals surface area contributed by atoms with Crippen molar-refractivity contribution in [2.45, 2.75) is 35.3 Å². The van der Waals surface area contributed by atoms with Crippen LogP contribution >= 0.6 is 47.0 Å². The molecule has 0 unspecified atom stereocenters. The Kier molecular flexibility index (Phi) is 7.00. The molecule has 3 heterocycles. The maximum absolute atomic E-state index is 12.5. The quantitative estimate of drug-likeness (QED) is 0.373. The smallest absolute Gasteiger partial charge is 0.250 e. The Labute approximate surface area is 206 Å². The number of halogens is 3. The average Bonchev–Trinajstić information content (AvgIpc) is 2.74. The third kappa shape index (κ3) is 5.39. The highest BCUT2D eigenvalue weighted by molar-refractivity contribution is 7.80. The minimum Gasteiger partial charge on any atom is -0.348 e. The van der Waals surface area contributed by atoms with Gasteiger partial charge in [-0.3, -0.25) is 9.59 Å². The first-order valence-corrected chi connectivity index (χ1v) is 11.9. The van der Waals surface area contributed by atoms with E-state index in [1.807, 2.05) is 45.9 Å². The SMILES string of the molecule is O=C(Cc1ccccc1)N[C@H](NC(=S)N1C[C@@H]2C[C@H](C1)c1cccc(=O)n1C2)C(Cl)(Cl)Cl.